The number of ether oxygens (including phenoxy) is 3. The molecule has 0 aliphatic carbocycles. The highest BCUT2D eigenvalue weighted by molar-refractivity contribution is 5.76. The number of likely N-dealkylation sites (tertiary alicyclic amines) is 1. The van der Waals surface area contributed by atoms with Crippen molar-refractivity contribution in [2.75, 3.05) is 33.9 Å². The third-order valence-electron chi connectivity index (χ3n) is 5.58. The third kappa shape index (κ3) is 4.89. The van der Waals surface area contributed by atoms with Crippen molar-refractivity contribution in [3.05, 3.63) is 35.9 Å². The molecule has 28 heavy (non-hydrogen) atoms. The highest BCUT2D eigenvalue weighted by Gasteiger charge is 2.54. The summed E-state index contributed by atoms with van der Waals surface area (Å²) in [5.41, 5.74) is 0.315. The van der Waals surface area contributed by atoms with E-state index in [1.165, 1.54) is 19.8 Å². The van der Waals surface area contributed by atoms with Crippen LogP contribution < -0.4 is 0 Å². The van der Waals surface area contributed by atoms with Gasteiger partial charge in [0.2, 0.25) is 0 Å². The number of benzene rings is 1. The second-order valence-electron chi connectivity index (χ2n) is 7.09. The molecule has 3 atom stereocenters. The number of aliphatic hydroxyl groups is 1. The zero-order valence-corrected chi connectivity index (χ0v) is 16.8. The van der Waals surface area contributed by atoms with Crippen LogP contribution in [0.25, 0.3) is 0 Å². The zero-order chi connectivity index (χ0) is 20.6. The first-order chi connectivity index (χ1) is 13.5. The molecule has 0 saturated carbocycles. The average molecular weight is 390 g/mol. The Hall–Kier alpha value is -1.98. The minimum absolute atomic E-state index is 0.192. The van der Waals surface area contributed by atoms with Crippen molar-refractivity contribution in [3.8, 4) is 6.07 Å². The molecule has 0 aromatic heterocycles. The van der Waals surface area contributed by atoms with Gasteiger partial charge in [0.25, 0.3) is 0 Å². The predicted molar refractivity (Wildman–Crippen MR) is 103 cm³/mol. The Morgan fingerprint density at radius 3 is 2.39 bits per heavy atom. The maximum Gasteiger partial charge on any atom is 0.324 e. The lowest BCUT2D eigenvalue weighted by atomic mass is 9.65. The second-order valence-corrected chi connectivity index (χ2v) is 7.09. The maximum atomic E-state index is 12.5. The Bertz CT molecular complexity index is 653. The van der Waals surface area contributed by atoms with Crippen molar-refractivity contribution in [2.24, 2.45) is 11.3 Å². The van der Waals surface area contributed by atoms with E-state index in [0.29, 0.717) is 25.9 Å². The normalized spacial score (nSPS) is 20.0. The van der Waals surface area contributed by atoms with Gasteiger partial charge in [-0.3, -0.25) is 9.69 Å². The lowest BCUT2D eigenvalue weighted by molar-refractivity contribution is -0.214. The number of methoxy groups -OCH3 is 2. The molecule has 1 heterocycles. The Morgan fingerprint density at radius 2 is 1.89 bits per heavy atom. The van der Waals surface area contributed by atoms with Gasteiger partial charge in [-0.1, -0.05) is 30.3 Å². The van der Waals surface area contributed by atoms with E-state index < -0.39 is 29.7 Å². The van der Waals surface area contributed by atoms with E-state index in [0.717, 1.165) is 6.54 Å². The van der Waals surface area contributed by atoms with Crippen molar-refractivity contribution in [1.29, 1.82) is 5.26 Å². The van der Waals surface area contributed by atoms with E-state index in [4.69, 9.17) is 14.2 Å². The first-order valence-electron chi connectivity index (χ1n) is 9.58. The van der Waals surface area contributed by atoms with Gasteiger partial charge in [0, 0.05) is 26.2 Å². The number of hydrogen-bond acceptors (Lipinski definition) is 7. The van der Waals surface area contributed by atoms with Crippen LogP contribution in [0.5, 0.6) is 0 Å². The summed E-state index contributed by atoms with van der Waals surface area (Å²) >= 11 is 0. The van der Waals surface area contributed by atoms with Crippen molar-refractivity contribution >= 4 is 5.97 Å². The Morgan fingerprint density at radius 1 is 1.25 bits per heavy atom. The van der Waals surface area contributed by atoms with E-state index in [9.17, 15) is 15.2 Å². The van der Waals surface area contributed by atoms with Crippen LogP contribution in [0.1, 0.15) is 25.3 Å². The predicted octanol–water partition coefficient (Wildman–Crippen LogP) is 1.95. The number of aliphatic hydroxyl groups excluding tert-OH is 1. The molecule has 1 aromatic carbocycles. The lowest BCUT2D eigenvalue weighted by Crippen LogP contribution is -2.56. The van der Waals surface area contributed by atoms with E-state index >= 15 is 0 Å². The quantitative estimate of drug-likeness (QED) is 0.509. The number of piperidine rings is 1. The minimum Gasteiger partial charge on any atom is -0.465 e. The van der Waals surface area contributed by atoms with Gasteiger partial charge < -0.3 is 19.3 Å². The van der Waals surface area contributed by atoms with Crippen LogP contribution in [-0.2, 0) is 25.5 Å². The Balaban J connectivity index is 2.25. The molecule has 1 saturated heterocycles. The van der Waals surface area contributed by atoms with Crippen LogP contribution >= 0.6 is 0 Å². The van der Waals surface area contributed by atoms with Gasteiger partial charge >= 0.3 is 5.97 Å². The number of esters is 1. The molecule has 154 valence electrons. The molecule has 7 heteroatoms. The molecule has 0 bridgehead atoms. The molecule has 7 nitrogen and oxygen atoms in total. The first kappa shape index (κ1) is 22.3. The molecule has 1 aliphatic heterocycles. The molecule has 0 spiro atoms. The first-order valence-corrected chi connectivity index (χ1v) is 9.58. The second kappa shape index (κ2) is 10.5. The fourth-order valence-corrected chi connectivity index (χ4v) is 4.11. The van der Waals surface area contributed by atoms with Crippen molar-refractivity contribution < 1.29 is 24.1 Å². The van der Waals surface area contributed by atoms with Crippen LogP contribution in [0.2, 0.25) is 0 Å². The highest BCUT2D eigenvalue weighted by Crippen LogP contribution is 2.45. The summed E-state index contributed by atoms with van der Waals surface area (Å²) in [7, 11) is 2.84. The van der Waals surface area contributed by atoms with Gasteiger partial charge in [-0.05, 0) is 38.4 Å². The molecule has 1 aliphatic rings. The number of carbonyl (C=O) groups excluding carboxylic acids is 1. The van der Waals surface area contributed by atoms with Crippen molar-refractivity contribution in [2.45, 2.75) is 38.7 Å². The van der Waals surface area contributed by atoms with Crippen molar-refractivity contribution in [3.63, 3.8) is 0 Å². The number of nitriles is 1. The fourth-order valence-electron chi connectivity index (χ4n) is 4.11. The maximum absolute atomic E-state index is 12.5. The van der Waals surface area contributed by atoms with Gasteiger partial charge in [0.05, 0.1) is 12.7 Å². The number of nitrogens with zero attached hydrogens (tertiary/aromatic N) is 2. The zero-order valence-electron chi connectivity index (χ0n) is 16.8. The Labute approximate surface area is 166 Å². The summed E-state index contributed by atoms with van der Waals surface area (Å²) in [5.74, 6) is -1.62. The van der Waals surface area contributed by atoms with Crippen molar-refractivity contribution in [1.82, 2.24) is 4.90 Å². The van der Waals surface area contributed by atoms with Gasteiger partial charge in [0.15, 0.2) is 12.2 Å². The molecule has 1 aromatic rings. The lowest BCUT2D eigenvalue weighted by Gasteiger charge is -2.48. The highest BCUT2D eigenvalue weighted by atomic mass is 16.6. The standard InChI is InChI=1S/C21H30N2O5/c1-4-28-19(24)17(14-22)21(18(26-2)20(25)27-3)10-12-23(13-11-21)15-16-8-6-5-7-9-16/h5-9,17-18,20,25H,4,10-13,15H2,1-3H3. The summed E-state index contributed by atoms with van der Waals surface area (Å²) in [6.45, 7) is 4.03. The smallest absolute Gasteiger partial charge is 0.324 e. The molecule has 2 rings (SSSR count). The Kier molecular flexibility index (Phi) is 8.39. The number of hydrogen-bond donors (Lipinski definition) is 1. The van der Waals surface area contributed by atoms with Crippen LogP contribution in [-0.4, -0.2) is 62.3 Å². The number of carbonyl (C=O) groups is 1. The van der Waals surface area contributed by atoms with Crippen LogP contribution in [0, 0.1) is 22.7 Å². The summed E-state index contributed by atoms with van der Waals surface area (Å²) in [6.07, 6.45) is -1.03. The van der Waals surface area contributed by atoms with Gasteiger partial charge in [-0.15, -0.1) is 0 Å². The van der Waals surface area contributed by atoms with E-state index in [1.54, 1.807) is 6.92 Å². The summed E-state index contributed by atoms with van der Waals surface area (Å²) in [5, 5.41) is 20.2. The van der Waals surface area contributed by atoms with E-state index in [2.05, 4.69) is 23.1 Å². The third-order valence-corrected chi connectivity index (χ3v) is 5.58. The molecular weight excluding hydrogens is 360 g/mol. The summed E-state index contributed by atoms with van der Waals surface area (Å²) < 4.78 is 15.8. The molecule has 0 radical (unpaired) electrons. The monoisotopic (exact) mass is 390 g/mol. The molecule has 1 fully saturated rings. The number of rotatable bonds is 9. The van der Waals surface area contributed by atoms with Crippen LogP contribution in [0.4, 0.5) is 0 Å². The van der Waals surface area contributed by atoms with Crippen LogP contribution in [0.3, 0.4) is 0 Å². The molecule has 3 unspecified atom stereocenters. The summed E-state index contributed by atoms with van der Waals surface area (Å²) in [6, 6.07) is 12.3. The molecular formula is C21H30N2O5. The largest absolute Gasteiger partial charge is 0.465 e. The summed E-state index contributed by atoms with van der Waals surface area (Å²) in [4.78, 5) is 14.8. The minimum atomic E-state index is -1.24. The van der Waals surface area contributed by atoms with Gasteiger partial charge in [-0.2, -0.15) is 5.26 Å². The average Bonchev–Trinajstić information content (AvgIpc) is 2.71. The molecule has 0 amide bonds. The SMILES string of the molecule is CCOC(=O)C(C#N)C1(C(OC)C(O)OC)CCN(Cc2ccccc2)CC1. The van der Waals surface area contributed by atoms with E-state index in [-0.39, 0.29) is 6.61 Å². The topological polar surface area (TPSA) is 92.0 Å². The van der Waals surface area contributed by atoms with Gasteiger partial charge in [0.1, 0.15) is 6.10 Å². The van der Waals surface area contributed by atoms with Gasteiger partial charge in [-0.25, -0.2) is 0 Å². The molecule has 1 N–H and O–H groups in total. The van der Waals surface area contributed by atoms with E-state index in [1.807, 2.05) is 18.2 Å². The fraction of sp³-hybridized carbons (Fsp3) is 0.619. The van der Waals surface area contributed by atoms with Crippen LogP contribution in [0.15, 0.2) is 30.3 Å².